The fraction of sp³-hybridized carbons (Fsp3) is 0.167. The number of primary amides is 1. The van der Waals surface area contributed by atoms with Gasteiger partial charge in [0.25, 0.3) is 0 Å². The molecule has 0 fully saturated rings. The average molecular weight is 284 g/mol. The molecule has 0 aliphatic rings. The molecule has 0 saturated carbocycles. The number of nitrogens with two attached hydrogens (primary N) is 1. The zero-order valence-corrected chi connectivity index (χ0v) is 11.3. The zero-order chi connectivity index (χ0) is 12.1. The molecule has 0 saturated heterocycles. The molecule has 0 unspecified atom stereocenters. The largest absolute Gasteiger partial charge is 0.368 e. The van der Waals surface area contributed by atoms with Gasteiger partial charge in [0, 0.05) is 18.1 Å². The lowest BCUT2D eigenvalue weighted by Gasteiger charge is -2.20. The van der Waals surface area contributed by atoms with Gasteiger partial charge in [-0.05, 0) is 5.56 Å². The van der Waals surface area contributed by atoms with E-state index in [9.17, 15) is 4.79 Å². The van der Waals surface area contributed by atoms with Gasteiger partial charge in [0.1, 0.15) is 0 Å². The van der Waals surface area contributed by atoms with Crippen molar-refractivity contribution in [3.8, 4) is 0 Å². The Morgan fingerprint density at radius 1 is 1.33 bits per heavy atom. The van der Waals surface area contributed by atoms with Crippen LogP contribution >= 0.6 is 23.7 Å². The molecule has 1 heterocycles. The van der Waals surface area contributed by atoms with E-state index in [0.717, 1.165) is 10.7 Å². The summed E-state index contributed by atoms with van der Waals surface area (Å²) in [6.45, 7) is 0.819. The number of halogens is 1. The Morgan fingerprint density at radius 3 is 2.61 bits per heavy atom. The second-order valence-corrected chi connectivity index (χ2v) is 4.50. The molecule has 2 aromatic rings. The molecule has 1 aromatic heterocycles. The third-order valence-electron chi connectivity index (χ3n) is 2.25. The van der Waals surface area contributed by atoms with Crippen molar-refractivity contribution in [3.63, 3.8) is 0 Å². The highest BCUT2D eigenvalue weighted by molar-refractivity contribution is 7.13. The topological polar surface area (TPSA) is 59.2 Å². The third-order valence-corrected chi connectivity index (χ3v) is 3.08. The molecule has 96 valence electrons. The predicted octanol–water partition coefficient (Wildman–Crippen LogP) is 2.06. The lowest BCUT2D eigenvalue weighted by atomic mass is 10.2. The fourth-order valence-electron chi connectivity index (χ4n) is 1.56. The predicted molar refractivity (Wildman–Crippen MR) is 76.0 cm³/mol. The molecule has 4 nitrogen and oxygen atoms in total. The SMILES string of the molecule is Cl.NC(=O)CN(Cc1ccccc1)c1nccs1. The molecule has 0 radical (unpaired) electrons. The number of anilines is 1. The molecular formula is C12H14ClN3OS. The van der Waals surface area contributed by atoms with Gasteiger partial charge in [0.15, 0.2) is 5.13 Å². The van der Waals surface area contributed by atoms with Gasteiger partial charge < -0.3 is 10.6 Å². The minimum atomic E-state index is -0.351. The van der Waals surface area contributed by atoms with Gasteiger partial charge in [-0.1, -0.05) is 30.3 Å². The van der Waals surface area contributed by atoms with Gasteiger partial charge in [-0.3, -0.25) is 4.79 Å². The molecule has 2 rings (SSSR count). The van der Waals surface area contributed by atoms with Crippen molar-refractivity contribution in [3.05, 3.63) is 47.5 Å². The van der Waals surface area contributed by atoms with Crippen molar-refractivity contribution in [1.82, 2.24) is 4.98 Å². The molecular weight excluding hydrogens is 270 g/mol. The summed E-state index contributed by atoms with van der Waals surface area (Å²) in [5.74, 6) is -0.351. The van der Waals surface area contributed by atoms with Crippen LogP contribution in [0.15, 0.2) is 41.9 Å². The maximum atomic E-state index is 11.1. The lowest BCUT2D eigenvalue weighted by molar-refractivity contribution is -0.116. The molecule has 1 amide bonds. The highest BCUT2D eigenvalue weighted by Gasteiger charge is 2.12. The molecule has 1 aromatic carbocycles. The van der Waals surface area contributed by atoms with Crippen LogP contribution in [-0.4, -0.2) is 17.4 Å². The van der Waals surface area contributed by atoms with E-state index in [4.69, 9.17) is 5.73 Å². The molecule has 0 spiro atoms. The maximum absolute atomic E-state index is 11.1. The molecule has 6 heteroatoms. The normalized spacial score (nSPS) is 9.56. The van der Waals surface area contributed by atoms with Crippen LogP contribution < -0.4 is 10.6 Å². The number of aromatic nitrogens is 1. The highest BCUT2D eigenvalue weighted by Crippen LogP contribution is 2.19. The third kappa shape index (κ3) is 4.01. The van der Waals surface area contributed by atoms with E-state index in [-0.39, 0.29) is 24.9 Å². The van der Waals surface area contributed by atoms with E-state index in [1.807, 2.05) is 40.6 Å². The van der Waals surface area contributed by atoms with Gasteiger partial charge in [0.05, 0.1) is 6.54 Å². The second kappa shape index (κ2) is 6.98. The van der Waals surface area contributed by atoms with E-state index >= 15 is 0 Å². The van der Waals surface area contributed by atoms with Crippen LogP contribution in [0.5, 0.6) is 0 Å². The average Bonchev–Trinajstić information content (AvgIpc) is 2.82. The summed E-state index contributed by atoms with van der Waals surface area (Å²) in [5.41, 5.74) is 6.38. The van der Waals surface area contributed by atoms with E-state index in [0.29, 0.717) is 6.54 Å². The van der Waals surface area contributed by atoms with Gasteiger partial charge in [-0.15, -0.1) is 23.7 Å². The first-order valence-electron chi connectivity index (χ1n) is 5.22. The quantitative estimate of drug-likeness (QED) is 0.914. The Kier molecular flexibility index (Phi) is 5.61. The molecule has 0 aliphatic carbocycles. The molecule has 0 aliphatic heterocycles. The summed E-state index contributed by atoms with van der Waals surface area (Å²) < 4.78 is 0. The monoisotopic (exact) mass is 283 g/mol. The Balaban J connectivity index is 0.00000162. The number of carbonyl (C=O) groups is 1. The number of benzene rings is 1. The highest BCUT2D eigenvalue weighted by atomic mass is 35.5. The van der Waals surface area contributed by atoms with Gasteiger partial charge in [-0.25, -0.2) is 4.98 Å². The number of nitrogens with zero attached hydrogens (tertiary/aromatic N) is 2. The standard InChI is InChI=1S/C12H13N3OS.ClH/c13-11(16)9-15(12-14-6-7-17-12)8-10-4-2-1-3-5-10;/h1-7H,8-9H2,(H2,13,16);1H. The number of hydrogen-bond acceptors (Lipinski definition) is 4. The number of amides is 1. The second-order valence-electron chi connectivity index (χ2n) is 3.62. The van der Waals surface area contributed by atoms with Crippen LogP contribution in [0.25, 0.3) is 0 Å². The van der Waals surface area contributed by atoms with Gasteiger partial charge in [0.2, 0.25) is 5.91 Å². The van der Waals surface area contributed by atoms with Crippen molar-refractivity contribution in [2.45, 2.75) is 6.54 Å². The summed E-state index contributed by atoms with van der Waals surface area (Å²) >= 11 is 1.50. The van der Waals surface area contributed by atoms with Crippen molar-refractivity contribution in [2.75, 3.05) is 11.4 Å². The summed E-state index contributed by atoms with van der Waals surface area (Å²) in [5, 5.41) is 2.70. The Morgan fingerprint density at radius 2 is 2.06 bits per heavy atom. The smallest absolute Gasteiger partial charge is 0.237 e. The number of hydrogen-bond donors (Lipinski definition) is 1. The minimum absolute atomic E-state index is 0. The number of rotatable bonds is 5. The van der Waals surface area contributed by atoms with E-state index in [2.05, 4.69) is 4.98 Å². The molecule has 18 heavy (non-hydrogen) atoms. The summed E-state index contributed by atoms with van der Waals surface area (Å²) in [7, 11) is 0. The first-order chi connectivity index (χ1) is 8.25. The van der Waals surface area contributed by atoms with Crippen LogP contribution in [0, 0.1) is 0 Å². The Bertz CT molecular complexity index is 475. The summed E-state index contributed by atoms with van der Waals surface area (Å²) in [6.07, 6.45) is 1.72. The first-order valence-corrected chi connectivity index (χ1v) is 6.10. The van der Waals surface area contributed by atoms with E-state index in [1.54, 1.807) is 6.20 Å². The van der Waals surface area contributed by atoms with E-state index < -0.39 is 0 Å². The molecule has 0 atom stereocenters. The number of thiazole rings is 1. The van der Waals surface area contributed by atoms with Crippen LogP contribution in [0.4, 0.5) is 5.13 Å². The van der Waals surface area contributed by atoms with Gasteiger partial charge >= 0.3 is 0 Å². The van der Waals surface area contributed by atoms with E-state index in [1.165, 1.54) is 11.3 Å². The van der Waals surface area contributed by atoms with Crippen molar-refractivity contribution < 1.29 is 4.79 Å². The van der Waals surface area contributed by atoms with Crippen LogP contribution in [-0.2, 0) is 11.3 Å². The van der Waals surface area contributed by atoms with Crippen LogP contribution in [0.1, 0.15) is 5.56 Å². The Hall–Kier alpha value is -1.59. The van der Waals surface area contributed by atoms with Gasteiger partial charge in [-0.2, -0.15) is 0 Å². The first kappa shape index (κ1) is 14.5. The number of carbonyl (C=O) groups excluding carboxylic acids is 1. The molecule has 2 N–H and O–H groups in total. The lowest BCUT2D eigenvalue weighted by Crippen LogP contribution is -2.33. The van der Waals surface area contributed by atoms with Crippen LogP contribution in [0.2, 0.25) is 0 Å². The van der Waals surface area contributed by atoms with Crippen molar-refractivity contribution in [2.24, 2.45) is 5.73 Å². The zero-order valence-electron chi connectivity index (χ0n) is 9.65. The molecule has 0 bridgehead atoms. The summed E-state index contributed by atoms with van der Waals surface area (Å²) in [6, 6.07) is 9.94. The van der Waals surface area contributed by atoms with Crippen molar-refractivity contribution >= 4 is 34.8 Å². The minimum Gasteiger partial charge on any atom is -0.368 e. The maximum Gasteiger partial charge on any atom is 0.237 e. The Labute approximate surface area is 116 Å². The van der Waals surface area contributed by atoms with Crippen molar-refractivity contribution in [1.29, 1.82) is 0 Å². The van der Waals surface area contributed by atoms with Crippen LogP contribution in [0.3, 0.4) is 0 Å². The summed E-state index contributed by atoms with van der Waals surface area (Å²) in [4.78, 5) is 17.1. The fourth-order valence-corrected chi connectivity index (χ4v) is 2.20.